The number of nitrogens with one attached hydrogen (secondary N) is 1. The second-order valence-electron chi connectivity index (χ2n) is 2.65. The number of anilines is 1. The summed E-state index contributed by atoms with van der Waals surface area (Å²) in [6, 6.07) is 0. The molecule has 2 heterocycles. The van der Waals surface area contributed by atoms with Gasteiger partial charge in [0.05, 0.1) is 11.1 Å². The monoisotopic (exact) mass is 209 g/mol. The van der Waals surface area contributed by atoms with Crippen LogP contribution in [0.4, 0.5) is 5.82 Å². The highest BCUT2D eigenvalue weighted by atomic mass is 35.5. The lowest BCUT2D eigenvalue weighted by Crippen LogP contribution is -1.92. The molecule has 0 fully saturated rings. The number of rotatable bonds is 2. The molecule has 0 saturated carbocycles. The van der Waals surface area contributed by atoms with E-state index in [0.29, 0.717) is 17.3 Å². The third-order valence-electron chi connectivity index (χ3n) is 1.78. The quantitative estimate of drug-likeness (QED) is 0.728. The molecule has 14 heavy (non-hydrogen) atoms. The van der Waals surface area contributed by atoms with E-state index in [9.17, 15) is 0 Å². The van der Waals surface area contributed by atoms with Gasteiger partial charge < -0.3 is 5.73 Å². The predicted octanol–water partition coefficient (Wildman–Crippen LogP) is 1.19. The fourth-order valence-electron chi connectivity index (χ4n) is 1.18. The maximum absolute atomic E-state index is 5.70. The van der Waals surface area contributed by atoms with E-state index in [1.165, 1.54) is 6.33 Å². The zero-order chi connectivity index (χ0) is 9.97. The summed E-state index contributed by atoms with van der Waals surface area (Å²) in [7, 11) is 0. The Labute approximate surface area is 85.0 Å². The number of fused-ring (bicyclic) bond motifs is 1. The number of hydrogen-bond donors (Lipinski definition) is 2. The summed E-state index contributed by atoms with van der Waals surface area (Å²) in [6.07, 6.45) is 4.98. The van der Waals surface area contributed by atoms with Gasteiger partial charge in [0.1, 0.15) is 12.1 Å². The molecule has 2 rings (SSSR count). The Morgan fingerprint density at radius 2 is 2.36 bits per heavy atom. The molecule has 72 valence electrons. The molecule has 0 aliphatic carbocycles. The summed E-state index contributed by atoms with van der Waals surface area (Å²) < 4.78 is 0. The number of alkyl halides is 1. The zero-order valence-corrected chi connectivity index (χ0v) is 7.99. The molecule has 0 bridgehead atoms. The van der Waals surface area contributed by atoms with Crippen LogP contribution in [0.25, 0.3) is 17.1 Å². The maximum Gasteiger partial charge on any atom is 0.186 e. The van der Waals surface area contributed by atoms with E-state index in [4.69, 9.17) is 17.3 Å². The largest absolute Gasteiger partial charge is 0.383 e. The molecule has 6 heteroatoms. The van der Waals surface area contributed by atoms with Crippen molar-refractivity contribution >= 4 is 34.5 Å². The second-order valence-corrected chi connectivity index (χ2v) is 2.96. The van der Waals surface area contributed by atoms with E-state index in [-0.39, 0.29) is 0 Å². The fourth-order valence-corrected chi connectivity index (χ4v) is 1.27. The number of allylic oxidation sites excluding steroid dienone is 1. The normalized spacial score (nSPS) is 11.5. The van der Waals surface area contributed by atoms with E-state index in [1.807, 2.05) is 6.08 Å². The van der Waals surface area contributed by atoms with Crippen molar-refractivity contribution < 1.29 is 0 Å². The highest BCUT2D eigenvalue weighted by molar-refractivity contribution is 6.19. The van der Waals surface area contributed by atoms with Crippen LogP contribution >= 0.6 is 11.6 Å². The summed E-state index contributed by atoms with van der Waals surface area (Å²) in [6.45, 7) is 0. The highest BCUT2D eigenvalue weighted by Crippen LogP contribution is 2.19. The van der Waals surface area contributed by atoms with Crippen LogP contribution in [-0.2, 0) is 0 Å². The first kappa shape index (κ1) is 8.96. The number of nitrogens with two attached hydrogens (primary N) is 1. The zero-order valence-electron chi connectivity index (χ0n) is 7.24. The molecular formula is C8H8ClN5. The number of aromatic nitrogens is 4. The van der Waals surface area contributed by atoms with Crippen LogP contribution in [0.1, 0.15) is 5.69 Å². The number of nitrogen functional groups attached to an aromatic ring is 1. The molecule has 0 amide bonds. The summed E-state index contributed by atoms with van der Waals surface area (Å²) >= 11 is 5.53. The molecule has 0 aliphatic heterocycles. The van der Waals surface area contributed by atoms with E-state index in [1.54, 1.807) is 6.08 Å². The minimum absolute atomic E-state index is 0.415. The first-order valence-electron chi connectivity index (χ1n) is 4.00. The molecule has 2 aromatic heterocycles. The maximum atomic E-state index is 5.70. The van der Waals surface area contributed by atoms with E-state index >= 15 is 0 Å². The number of hydrogen-bond acceptors (Lipinski definition) is 4. The van der Waals surface area contributed by atoms with Crippen LogP contribution in [0.5, 0.6) is 0 Å². The van der Waals surface area contributed by atoms with Crippen molar-refractivity contribution in [3.8, 4) is 0 Å². The molecule has 0 unspecified atom stereocenters. The van der Waals surface area contributed by atoms with Gasteiger partial charge in [-0.25, -0.2) is 9.97 Å². The van der Waals surface area contributed by atoms with Crippen molar-refractivity contribution in [1.29, 1.82) is 0 Å². The van der Waals surface area contributed by atoms with Crippen molar-refractivity contribution in [2.24, 2.45) is 0 Å². The van der Waals surface area contributed by atoms with Gasteiger partial charge >= 0.3 is 0 Å². The van der Waals surface area contributed by atoms with Gasteiger partial charge in [-0.15, -0.1) is 11.6 Å². The summed E-state index contributed by atoms with van der Waals surface area (Å²) in [5.41, 5.74) is 7.03. The average molecular weight is 210 g/mol. The lowest BCUT2D eigenvalue weighted by molar-refractivity contribution is 1.08. The van der Waals surface area contributed by atoms with Gasteiger partial charge in [0, 0.05) is 5.88 Å². The Balaban J connectivity index is 2.61. The van der Waals surface area contributed by atoms with Crippen LogP contribution in [-0.4, -0.2) is 26.0 Å². The minimum Gasteiger partial charge on any atom is -0.383 e. The van der Waals surface area contributed by atoms with Gasteiger partial charge in [-0.3, -0.25) is 5.10 Å². The smallest absolute Gasteiger partial charge is 0.186 e. The fraction of sp³-hybridized carbons (Fsp3) is 0.125. The van der Waals surface area contributed by atoms with Gasteiger partial charge in [-0.05, 0) is 6.08 Å². The van der Waals surface area contributed by atoms with Crippen molar-refractivity contribution in [2.45, 2.75) is 0 Å². The predicted molar refractivity (Wildman–Crippen MR) is 55.9 cm³/mol. The summed E-state index contributed by atoms with van der Waals surface area (Å²) in [5.74, 6) is 0.853. The van der Waals surface area contributed by atoms with Gasteiger partial charge in [0.25, 0.3) is 0 Å². The van der Waals surface area contributed by atoms with Crippen LogP contribution in [0.3, 0.4) is 0 Å². The van der Waals surface area contributed by atoms with Crippen molar-refractivity contribution in [1.82, 2.24) is 20.2 Å². The van der Waals surface area contributed by atoms with Gasteiger partial charge in [0.2, 0.25) is 0 Å². The Kier molecular flexibility index (Phi) is 2.32. The van der Waals surface area contributed by atoms with Crippen LogP contribution < -0.4 is 5.73 Å². The number of nitrogens with zero attached hydrogens (tertiary/aromatic N) is 3. The molecule has 0 atom stereocenters. The molecule has 0 aliphatic rings. The van der Waals surface area contributed by atoms with Crippen molar-refractivity contribution in [2.75, 3.05) is 11.6 Å². The van der Waals surface area contributed by atoms with Crippen LogP contribution in [0.15, 0.2) is 12.4 Å². The van der Waals surface area contributed by atoms with Gasteiger partial charge in [-0.2, -0.15) is 5.10 Å². The molecule has 3 N–H and O–H groups in total. The third-order valence-corrected chi connectivity index (χ3v) is 1.96. The Hall–Kier alpha value is -1.62. The highest BCUT2D eigenvalue weighted by Gasteiger charge is 2.07. The van der Waals surface area contributed by atoms with Crippen molar-refractivity contribution in [3.05, 3.63) is 18.1 Å². The van der Waals surface area contributed by atoms with Crippen molar-refractivity contribution in [3.63, 3.8) is 0 Å². The first-order valence-corrected chi connectivity index (χ1v) is 4.53. The molecule has 2 aromatic rings. The SMILES string of the molecule is Nc1ncnc2n[nH]c(C=CCCl)c12. The molecule has 5 nitrogen and oxygen atoms in total. The molecule has 0 saturated heterocycles. The van der Waals surface area contributed by atoms with Gasteiger partial charge in [0.15, 0.2) is 5.65 Å². The third kappa shape index (κ3) is 1.42. The lowest BCUT2D eigenvalue weighted by Gasteiger charge is -1.93. The van der Waals surface area contributed by atoms with Crippen LogP contribution in [0.2, 0.25) is 0 Å². The second kappa shape index (κ2) is 3.63. The topological polar surface area (TPSA) is 80.5 Å². The Bertz CT molecular complexity index is 476. The number of H-pyrrole nitrogens is 1. The van der Waals surface area contributed by atoms with E-state index in [2.05, 4.69) is 20.2 Å². The number of halogens is 1. The Morgan fingerprint density at radius 3 is 3.14 bits per heavy atom. The minimum atomic E-state index is 0.415. The molecule has 0 radical (unpaired) electrons. The van der Waals surface area contributed by atoms with Gasteiger partial charge in [-0.1, -0.05) is 6.08 Å². The van der Waals surface area contributed by atoms with Crippen LogP contribution in [0, 0.1) is 0 Å². The molecule has 0 spiro atoms. The number of aromatic amines is 1. The molecule has 0 aromatic carbocycles. The summed E-state index contributed by atoms with van der Waals surface area (Å²) in [4.78, 5) is 7.86. The first-order chi connectivity index (χ1) is 6.83. The average Bonchev–Trinajstić information content (AvgIpc) is 2.59. The Morgan fingerprint density at radius 1 is 1.50 bits per heavy atom. The molecular weight excluding hydrogens is 202 g/mol. The lowest BCUT2D eigenvalue weighted by atomic mass is 10.2. The summed E-state index contributed by atoms with van der Waals surface area (Å²) in [5, 5.41) is 7.52. The van der Waals surface area contributed by atoms with E-state index < -0.39 is 0 Å². The van der Waals surface area contributed by atoms with E-state index in [0.717, 1.165) is 11.1 Å². The standard InChI is InChI=1S/C8H8ClN5/c9-3-1-2-5-6-7(10)11-4-12-8(6)14-13-5/h1-2,4H,3H2,(H3,10,11,12,13,14).